The minimum atomic E-state index is -0.698. The fourth-order valence-corrected chi connectivity index (χ4v) is 1.42. The van der Waals surface area contributed by atoms with Gasteiger partial charge in [-0.25, -0.2) is 0 Å². The number of nitrogens with one attached hydrogen (secondary N) is 1. The van der Waals surface area contributed by atoms with Gasteiger partial charge in [0.15, 0.2) is 0 Å². The van der Waals surface area contributed by atoms with Crippen molar-refractivity contribution in [1.82, 2.24) is 5.32 Å². The highest BCUT2D eigenvalue weighted by Gasteiger charge is 2.32. The third-order valence-electron chi connectivity index (χ3n) is 2.10. The second-order valence-corrected chi connectivity index (χ2v) is 3.20. The molecule has 1 heterocycles. The van der Waals surface area contributed by atoms with Gasteiger partial charge in [0.25, 0.3) is 0 Å². The number of piperidine rings is 1. The third-order valence-corrected chi connectivity index (χ3v) is 2.10. The summed E-state index contributed by atoms with van der Waals surface area (Å²) in [5, 5.41) is 12.0. The van der Waals surface area contributed by atoms with E-state index in [9.17, 15) is 14.7 Å². The predicted molar refractivity (Wildman–Crippen MR) is 44.3 cm³/mol. The van der Waals surface area contributed by atoms with Gasteiger partial charge in [0, 0.05) is 0 Å². The van der Waals surface area contributed by atoms with E-state index in [-0.39, 0.29) is 12.8 Å². The minimum Gasteiger partial charge on any atom is -0.393 e. The molecule has 6 heteroatoms. The Kier molecular flexibility index (Phi) is 2.84. The SMILES string of the molecule is NC(=O)[C@H]1CC(O)C[C@H](C(N)=O)N1. The molecule has 2 amide bonds. The van der Waals surface area contributed by atoms with Crippen molar-refractivity contribution in [3.05, 3.63) is 0 Å². The number of carbonyl (C=O) groups excluding carboxylic acids is 2. The van der Waals surface area contributed by atoms with Gasteiger partial charge in [-0.15, -0.1) is 0 Å². The van der Waals surface area contributed by atoms with Crippen LogP contribution in [-0.2, 0) is 9.59 Å². The van der Waals surface area contributed by atoms with Crippen molar-refractivity contribution in [2.24, 2.45) is 11.5 Å². The lowest BCUT2D eigenvalue weighted by atomic mass is 9.95. The van der Waals surface area contributed by atoms with Gasteiger partial charge in [-0.05, 0) is 12.8 Å². The number of amides is 2. The number of aliphatic hydroxyl groups excluding tert-OH is 1. The van der Waals surface area contributed by atoms with E-state index in [1.54, 1.807) is 0 Å². The average molecular weight is 187 g/mol. The smallest absolute Gasteiger partial charge is 0.234 e. The van der Waals surface area contributed by atoms with E-state index in [4.69, 9.17) is 11.5 Å². The fourth-order valence-electron chi connectivity index (χ4n) is 1.42. The number of primary amides is 2. The fraction of sp³-hybridized carbons (Fsp3) is 0.714. The van der Waals surface area contributed by atoms with Gasteiger partial charge in [0.05, 0.1) is 18.2 Å². The molecule has 1 fully saturated rings. The average Bonchev–Trinajstić information content (AvgIpc) is 2.03. The van der Waals surface area contributed by atoms with E-state index >= 15 is 0 Å². The molecule has 0 aromatic heterocycles. The summed E-state index contributed by atoms with van der Waals surface area (Å²) in [5.41, 5.74) is 10.1. The number of carbonyl (C=O) groups is 2. The second-order valence-electron chi connectivity index (χ2n) is 3.20. The lowest BCUT2D eigenvalue weighted by molar-refractivity contribution is -0.125. The van der Waals surface area contributed by atoms with Gasteiger partial charge in [-0.3, -0.25) is 14.9 Å². The quantitative estimate of drug-likeness (QED) is 0.380. The first-order valence-corrected chi connectivity index (χ1v) is 4.03. The van der Waals surface area contributed by atoms with Gasteiger partial charge in [0.2, 0.25) is 11.8 Å². The van der Waals surface area contributed by atoms with Gasteiger partial charge < -0.3 is 16.6 Å². The van der Waals surface area contributed by atoms with Crippen LogP contribution in [0.1, 0.15) is 12.8 Å². The predicted octanol–water partition coefficient (Wildman–Crippen LogP) is -2.56. The van der Waals surface area contributed by atoms with Crippen LogP contribution in [0.15, 0.2) is 0 Å². The Labute approximate surface area is 75.3 Å². The first kappa shape index (κ1) is 9.94. The first-order valence-electron chi connectivity index (χ1n) is 4.03. The number of rotatable bonds is 2. The molecule has 6 nitrogen and oxygen atoms in total. The minimum absolute atomic E-state index is 0.235. The van der Waals surface area contributed by atoms with Gasteiger partial charge in [-0.2, -0.15) is 0 Å². The Bertz CT molecular complexity index is 209. The molecular formula is C7H13N3O3. The van der Waals surface area contributed by atoms with Crippen molar-refractivity contribution in [1.29, 1.82) is 0 Å². The molecule has 0 aromatic carbocycles. The highest BCUT2D eigenvalue weighted by Crippen LogP contribution is 2.13. The lowest BCUT2D eigenvalue weighted by Crippen LogP contribution is -2.57. The van der Waals surface area contributed by atoms with Crippen molar-refractivity contribution >= 4 is 11.8 Å². The summed E-state index contributed by atoms with van der Waals surface area (Å²) in [6, 6.07) is -1.33. The van der Waals surface area contributed by atoms with E-state index in [1.807, 2.05) is 0 Å². The van der Waals surface area contributed by atoms with Crippen LogP contribution in [0.4, 0.5) is 0 Å². The van der Waals surface area contributed by atoms with Gasteiger partial charge in [0.1, 0.15) is 0 Å². The molecule has 1 saturated heterocycles. The Morgan fingerprint density at radius 2 is 1.54 bits per heavy atom. The maximum Gasteiger partial charge on any atom is 0.234 e. The summed E-state index contributed by atoms with van der Waals surface area (Å²) in [6.07, 6.45) is -0.227. The molecule has 0 spiro atoms. The van der Waals surface area contributed by atoms with E-state index < -0.39 is 30.0 Å². The Morgan fingerprint density at radius 3 is 1.85 bits per heavy atom. The number of aliphatic hydroxyl groups is 1. The van der Waals surface area contributed by atoms with Crippen molar-refractivity contribution in [3.8, 4) is 0 Å². The van der Waals surface area contributed by atoms with Crippen LogP contribution < -0.4 is 16.8 Å². The Morgan fingerprint density at radius 1 is 1.15 bits per heavy atom. The normalized spacial score (nSPS) is 34.1. The number of hydrogen-bond acceptors (Lipinski definition) is 4. The molecule has 1 aliphatic rings. The summed E-state index contributed by atoms with van der Waals surface area (Å²) in [7, 11) is 0. The van der Waals surface area contributed by atoms with Crippen LogP contribution in [0.5, 0.6) is 0 Å². The topological polar surface area (TPSA) is 118 Å². The molecule has 1 aliphatic heterocycles. The zero-order chi connectivity index (χ0) is 10.0. The van der Waals surface area contributed by atoms with E-state index in [1.165, 1.54) is 0 Å². The van der Waals surface area contributed by atoms with Crippen LogP contribution in [0.25, 0.3) is 0 Å². The molecule has 0 aromatic rings. The summed E-state index contributed by atoms with van der Waals surface area (Å²) in [5.74, 6) is -1.16. The first-order chi connectivity index (χ1) is 6.00. The number of nitrogens with two attached hydrogens (primary N) is 2. The summed E-state index contributed by atoms with van der Waals surface area (Å²) < 4.78 is 0. The molecule has 0 bridgehead atoms. The molecule has 13 heavy (non-hydrogen) atoms. The zero-order valence-electron chi connectivity index (χ0n) is 7.06. The summed E-state index contributed by atoms with van der Waals surface area (Å²) in [4.78, 5) is 21.5. The van der Waals surface area contributed by atoms with Crippen molar-refractivity contribution in [3.63, 3.8) is 0 Å². The van der Waals surface area contributed by atoms with E-state index in [0.29, 0.717) is 0 Å². The van der Waals surface area contributed by atoms with Crippen molar-refractivity contribution < 1.29 is 14.7 Å². The lowest BCUT2D eigenvalue weighted by Gasteiger charge is -2.30. The monoisotopic (exact) mass is 187 g/mol. The van der Waals surface area contributed by atoms with Crippen molar-refractivity contribution in [2.45, 2.75) is 31.0 Å². The number of hydrogen-bond donors (Lipinski definition) is 4. The summed E-state index contributed by atoms with van der Waals surface area (Å²) in [6.45, 7) is 0. The van der Waals surface area contributed by atoms with Crippen molar-refractivity contribution in [2.75, 3.05) is 0 Å². The van der Waals surface area contributed by atoms with Crippen LogP contribution in [0.2, 0.25) is 0 Å². The third kappa shape index (κ3) is 2.40. The molecular weight excluding hydrogens is 174 g/mol. The van der Waals surface area contributed by atoms with E-state index in [0.717, 1.165) is 0 Å². The standard InChI is InChI=1S/C7H13N3O3/c8-6(12)4-1-3(11)2-5(10-4)7(9)13/h3-5,10-11H,1-2H2,(H2,8,12)(H2,9,13)/t4-,5-/m1/s1. The maximum atomic E-state index is 10.8. The molecule has 74 valence electrons. The molecule has 0 radical (unpaired) electrons. The largest absolute Gasteiger partial charge is 0.393 e. The maximum absolute atomic E-state index is 10.8. The highest BCUT2D eigenvalue weighted by atomic mass is 16.3. The van der Waals surface area contributed by atoms with Gasteiger partial charge >= 0.3 is 0 Å². The molecule has 0 unspecified atom stereocenters. The molecule has 1 rings (SSSR count). The second kappa shape index (κ2) is 3.71. The molecule has 0 aliphatic carbocycles. The molecule has 0 saturated carbocycles. The Balaban J connectivity index is 2.62. The van der Waals surface area contributed by atoms with Crippen LogP contribution >= 0.6 is 0 Å². The zero-order valence-corrected chi connectivity index (χ0v) is 7.06. The van der Waals surface area contributed by atoms with Crippen LogP contribution in [0.3, 0.4) is 0 Å². The van der Waals surface area contributed by atoms with Gasteiger partial charge in [-0.1, -0.05) is 0 Å². The van der Waals surface area contributed by atoms with E-state index in [2.05, 4.69) is 5.32 Å². The summed E-state index contributed by atoms with van der Waals surface area (Å²) >= 11 is 0. The van der Waals surface area contributed by atoms with Crippen LogP contribution in [-0.4, -0.2) is 35.1 Å². The van der Waals surface area contributed by atoms with Crippen LogP contribution in [0, 0.1) is 0 Å². The highest BCUT2D eigenvalue weighted by molar-refractivity contribution is 5.84. The molecule has 2 atom stereocenters. The molecule has 6 N–H and O–H groups in total. The Hall–Kier alpha value is -1.14.